The summed E-state index contributed by atoms with van der Waals surface area (Å²) in [5.41, 5.74) is -0.00324. The average molecular weight is 209 g/mol. The topological polar surface area (TPSA) is 41.6 Å². The number of hydrogen-bond donors (Lipinski definition) is 1. The van der Waals surface area contributed by atoms with E-state index in [2.05, 4.69) is 15.2 Å². The highest BCUT2D eigenvalue weighted by molar-refractivity contribution is 5.22. The summed E-state index contributed by atoms with van der Waals surface area (Å²) in [6.45, 7) is 1.73. The zero-order chi connectivity index (χ0) is 10.8. The molecular formula is C10H9F2N3. The highest BCUT2D eigenvalue weighted by Crippen LogP contribution is 2.14. The van der Waals surface area contributed by atoms with E-state index >= 15 is 0 Å². The molecule has 3 nitrogen and oxygen atoms in total. The van der Waals surface area contributed by atoms with E-state index in [1.165, 1.54) is 18.2 Å². The molecule has 0 atom stereocenters. The predicted molar refractivity (Wildman–Crippen MR) is 50.3 cm³/mol. The summed E-state index contributed by atoms with van der Waals surface area (Å²) in [5, 5.41) is 6.45. The van der Waals surface area contributed by atoms with Crippen molar-refractivity contribution < 1.29 is 8.78 Å². The lowest BCUT2D eigenvalue weighted by Gasteiger charge is -2.00. The molecule has 15 heavy (non-hydrogen) atoms. The number of H-pyrrole nitrogens is 1. The molecule has 78 valence electrons. The lowest BCUT2D eigenvalue weighted by Crippen LogP contribution is -1.98. The lowest BCUT2D eigenvalue weighted by atomic mass is 10.1. The number of aromatic amines is 1. The molecule has 0 fully saturated rings. The summed E-state index contributed by atoms with van der Waals surface area (Å²) in [7, 11) is 0. The first-order valence-corrected chi connectivity index (χ1v) is 4.47. The van der Waals surface area contributed by atoms with Crippen LogP contribution in [0.15, 0.2) is 18.2 Å². The largest absolute Gasteiger partial charge is 0.263 e. The van der Waals surface area contributed by atoms with Crippen LogP contribution in [0.4, 0.5) is 8.78 Å². The molecule has 2 aromatic rings. The lowest BCUT2D eigenvalue weighted by molar-refractivity contribution is 0.559. The molecule has 1 aromatic heterocycles. The minimum atomic E-state index is -0.572. The first-order chi connectivity index (χ1) is 7.16. The van der Waals surface area contributed by atoms with Gasteiger partial charge in [0.1, 0.15) is 17.5 Å². The van der Waals surface area contributed by atoms with Gasteiger partial charge in [0, 0.05) is 12.0 Å². The van der Waals surface area contributed by atoms with E-state index in [0.29, 0.717) is 11.6 Å². The van der Waals surface area contributed by atoms with E-state index in [0.717, 1.165) is 0 Å². The minimum Gasteiger partial charge on any atom is -0.263 e. The third-order valence-corrected chi connectivity index (χ3v) is 2.04. The fourth-order valence-electron chi connectivity index (χ4n) is 1.33. The van der Waals surface area contributed by atoms with Crippen LogP contribution < -0.4 is 0 Å². The maximum Gasteiger partial charge on any atom is 0.155 e. The van der Waals surface area contributed by atoms with Gasteiger partial charge in [0.15, 0.2) is 5.82 Å². The Morgan fingerprint density at radius 3 is 2.47 bits per heavy atom. The second-order valence-electron chi connectivity index (χ2n) is 3.21. The monoisotopic (exact) mass is 209 g/mol. The number of hydrogen-bond acceptors (Lipinski definition) is 2. The molecule has 0 saturated heterocycles. The standard InChI is InChI=1S/C10H9F2N3/c1-6-13-10(15-14-6)5-7-8(11)3-2-4-9(7)12/h2-4H,5H2,1H3,(H,13,14,15). The van der Waals surface area contributed by atoms with Crippen molar-refractivity contribution in [3.8, 4) is 0 Å². The van der Waals surface area contributed by atoms with Crippen LogP contribution in [0.1, 0.15) is 17.2 Å². The van der Waals surface area contributed by atoms with Crippen LogP contribution in [0, 0.1) is 18.6 Å². The molecule has 0 spiro atoms. The van der Waals surface area contributed by atoms with Gasteiger partial charge in [-0.05, 0) is 19.1 Å². The second-order valence-corrected chi connectivity index (χ2v) is 3.21. The average Bonchev–Trinajstić information content (AvgIpc) is 2.58. The SMILES string of the molecule is Cc1nc(Cc2c(F)cccc2F)n[nH]1. The zero-order valence-corrected chi connectivity index (χ0v) is 8.09. The highest BCUT2D eigenvalue weighted by Gasteiger charge is 2.11. The van der Waals surface area contributed by atoms with Crippen molar-refractivity contribution in [2.45, 2.75) is 13.3 Å². The van der Waals surface area contributed by atoms with E-state index in [1.54, 1.807) is 6.92 Å². The van der Waals surface area contributed by atoms with Gasteiger partial charge in [-0.25, -0.2) is 13.8 Å². The van der Waals surface area contributed by atoms with Gasteiger partial charge >= 0.3 is 0 Å². The summed E-state index contributed by atoms with van der Waals surface area (Å²) >= 11 is 0. The number of nitrogens with zero attached hydrogens (tertiary/aromatic N) is 2. The number of benzene rings is 1. The summed E-state index contributed by atoms with van der Waals surface area (Å²) in [5.74, 6) is -0.131. The highest BCUT2D eigenvalue weighted by atomic mass is 19.1. The first kappa shape index (κ1) is 9.76. The zero-order valence-electron chi connectivity index (χ0n) is 8.09. The van der Waals surface area contributed by atoms with E-state index in [-0.39, 0.29) is 12.0 Å². The Hall–Kier alpha value is -1.78. The molecule has 0 radical (unpaired) electrons. The Balaban J connectivity index is 2.31. The molecule has 0 unspecified atom stereocenters. The molecule has 0 amide bonds. The van der Waals surface area contributed by atoms with Crippen LogP contribution in [0.5, 0.6) is 0 Å². The van der Waals surface area contributed by atoms with Gasteiger partial charge in [0.25, 0.3) is 0 Å². The van der Waals surface area contributed by atoms with Crippen molar-refractivity contribution in [1.29, 1.82) is 0 Å². The molecule has 0 aliphatic heterocycles. The van der Waals surface area contributed by atoms with Crippen molar-refractivity contribution in [3.63, 3.8) is 0 Å². The van der Waals surface area contributed by atoms with Crippen LogP contribution in [-0.4, -0.2) is 15.2 Å². The van der Waals surface area contributed by atoms with Crippen molar-refractivity contribution in [1.82, 2.24) is 15.2 Å². The number of nitrogens with one attached hydrogen (secondary N) is 1. The van der Waals surface area contributed by atoms with E-state index in [9.17, 15) is 8.78 Å². The van der Waals surface area contributed by atoms with Crippen LogP contribution in [0.25, 0.3) is 0 Å². The predicted octanol–water partition coefficient (Wildman–Crippen LogP) is 1.98. The second kappa shape index (κ2) is 3.76. The molecule has 1 N–H and O–H groups in total. The quantitative estimate of drug-likeness (QED) is 0.821. The smallest absolute Gasteiger partial charge is 0.155 e. The molecule has 0 bridgehead atoms. The van der Waals surface area contributed by atoms with Gasteiger partial charge in [-0.1, -0.05) is 6.07 Å². The number of rotatable bonds is 2. The Morgan fingerprint density at radius 2 is 1.93 bits per heavy atom. The third-order valence-electron chi connectivity index (χ3n) is 2.04. The third kappa shape index (κ3) is 2.01. The Bertz CT molecular complexity index is 459. The Kier molecular flexibility index (Phi) is 2.45. The Morgan fingerprint density at radius 1 is 1.27 bits per heavy atom. The summed E-state index contributed by atoms with van der Waals surface area (Å²) < 4.78 is 26.5. The first-order valence-electron chi connectivity index (χ1n) is 4.47. The summed E-state index contributed by atoms with van der Waals surface area (Å²) in [4.78, 5) is 3.99. The van der Waals surface area contributed by atoms with Gasteiger partial charge in [0.2, 0.25) is 0 Å². The van der Waals surface area contributed by atoms with Crippen LogP contribution in [0.2, 0.25) is 0 Å². The normalized spacial score (nSPS) is 10.6. The minimum absolute atomic E-state index is 0.00324. The molecule has 1 heterocycles. The molecule has 0 aliphatic carbocycles. The van der Waals surface area contributed by atoms with Gasteiger partial charge in [0.05, 0.1) is 0 Å². The van der Waals surface area contributed by atoms with E-state index < -0.39 is 11.6 Å². The van der Waals surface area contributed by atoms with Crippen molar-refractivity contribution >= 4 is 0 Å². The van der Waals surface area contributed by atoms with Crippen molar-refractivity contribution in [2.24, 2.45) is 0 Å². The van der Waals surface area contributed by atoms with Crippen molar-refractivity contribution in [3.05, 3.63) is 47.0 Å². The van der Waals surface area contributed by atoms with Gasteiger partial charge in [-0.2, -0.15) is 5.10 Å². The molecule has 0 aliphatic rings. The summed E-state index contributed by atoms with van der Waals surface area (Å²) in [6.07, 6.45) is 0.0584. The van der Waals surface area contributed by atoms with Crippen LogP contribution in [0.3, 0.4) is 0 Å². The maximum atomic E-state index is 13.2. The molecule has 0 saturated carbocycles. The Labute approximate surface area is 85.2 Å². The van der Waals surface area contributed by atoms with E-state index in [1.807, 2.05) is 0 Å². The van der Waals surface area contributed by atoms with Gasteiger partial charge < -0.3 is 0 Å². The fourth-order valence-corrected chi connectivity index (χ4v) is 1.33. The number of aryl methyl sites for hydroxylation is 1. The maximum absolute atomic E-state index is 13.2. The van der Waals surface area contributed by atoms with Crippen LogP contribution in [-0.2, 0) is 6.42 Å². The number of aromatic nitrogens is 3. The molecule has 5 heteroatoms. The van der Waals surface area contributed by atoms with Crippen molar-refractivity contribution in [2.75, 3.05) is 0 Å². The molecule has 2 rings (SSSR count). The molecule has 1 aromatic carbocycles. The number of halogens is 2. The fraction of sp³-hybridized carbons (Fsp3) is 0.200. The van der Waals surface area contributed by atoms with Crippen LogP contribution >= 0.6 is 0 Å². The summed E-state index contributed by atoms with van der Waals surface area (Å²) in [6, 6.07) is 3.77. The van der Waals surface area contributed by atoms with Gasteiger partial charge in [-0.3, -0.25) is 5.10 Å². The molecular weight excluding hydrogens is 200 g/mol. The van der Waals surface area contributed by atoms with Gasteiger partial charge in [-0.15, -0.1) is 0 Å². The van der Waals surface area contributed by atoms with E-state index in [4.69, 9.17) is 0 Å².